The van der Waals surface area contributed by atoms with Crippen molar-refractivity contribution in [1.82, 2.24) is 0 Å². The Labute approximate surface area is 120 Å². The Morgan fingerprint density at radius 3 is 2.38 bits per heavy atom. The van der Waals surface area contributed by atoms with Gasteiger partial charge in [0.2, 0.25) is 5.78 Å². The second kappa shape index (κ2) is 5.06. The molecule has 2 aromatic carbocycles. The van der Waals surface area contributed by atoms with E-state index in [0.29, 0.717) is 11.1 Å². The summed E-state index contributed by atoms with van der Waals surface area (Å²) >= 11 is 0. The van der Waals surface area contributed by atoms with Gasteiger partial charge in [0, 0.05) is 11.1 Å². The van der Waals surface area contributed by atoms with Gasteiger partial charge in [-0.2, -0.15) is 0 Å². The highest BCUT2D eigenvalue weighted by Crippen LogP contribution is 2.20. The average Bonchev–Trinajstić information content (AvgIpc) is 2.80. The molecule has 1 heterocycles. The molecule has 3 rings (SSSR count). The Bertz CT molecular complexity index is 823. The number of ketones is 1. The van der Waals surface area contributed by atoms with Crippen LogP contribution in [0.15, 0.2) is 48.5 Å². The zero-order chi connectivity index (χ0) is 14.8. The lowest BCUT2D eigenvalue weighted by molar-refractivity contribution is 0.0443. The summed E-state index contributed by atoms with van der Waals surface area (Å²) in [4.78, 5) is 34.6. The lowest BCUT2D eigenvalue weighted by Crippen LogP contribution is -1.97. The maximum Gasteiger partial charge on any atom is 0.346 e. The number of esters is 2. The van der Waals surface area contributed by atoms with Crippen LogP contribution in [-0.2, 0) is 4.74 Å². The molecule has 0 fully saturated rings. The van der Waals surface area contributed by atoms with E-state index < -0.39 is 11.9 Å². The molecule has 0 bridgehead atoms. The molecule has 0 amide bonds. The first-order valence-corrected chi connectivity index (χ1v) is 6.17. The number of cyclic esters (lactones) is 2. The highest BCUT2D eigenvalue weighted by Gasteiger charge is 2.29. The highest BCUT2D eigenvalue weighted by atomic mass is 16.6. The molecule has 1 aliphatic heterocycles. The molecule has 2 aromatic rings. The fourth-order valence-electron chi connectivity index (χ4n) is 1.95. The monoisotopic (exact) mass is 276 g/mol. The molecule has 1 aliphatic rings. The smallest absolute Gasteiger partial charge is 0.346 e. The molecule has 100 valence electrons. The third kappa shape index (κ3) is 2.45. The van der Waals surface area contributed by atoms with Crippen molar-refractivity contribution in [2.75, 3.05) is 0 Å². The van der Waals surface area contributed by atoms with Crippen LogP contribution < -0.4 is 0 Å². The van der Waals surface area contributed by atoms with Gasteiger partial charge in [-0.3, -0.25) is 4.79 Å². The Hall–Kier alpha value is -3.19. The van der Waals surface area contributed by atoms with Crippen LogP contribution >= 0.6 is 0 Å². The number of carbonyl (C=O) groups excluding carboxylic acids is 3. The maximum atomic E-state index is 11.8. The minimum absolute atomic E-state index is 0.180. The Morgan fingerprint density at radius 2 is 1.62 bits per heavy atom. The highest BCUT2D eigenvalue weighted by molar-refractivity contribution is 6.15. The number of Topliss-reactive ketones (excluding diaryl/α,β-unsaturated/α-hetero) is 1. The lowest BCUT2D eigenvalue weighted by Gasteiger charge is -1.94. The molecule has 21 heavy (non-hydrogen) atoms. The Balaban J connectivity index is 1.89. The van der Waals surface area contributed by atoms with Crippen LogP contribution in [0.25, 0.3) is 0 Å². The van der Waals surface area contributed by atoms with E-state index in [4.69, 9.17) is 0 Å². The molecule has 4 nitrogen and oxygen atoms in total. The molecular weight excluding hydrogens is 268 g/mol. The number of rotatable bonds is 1. The van der Waals surface area contributed by atoms with Crippen LogP contribution in [0.4, 0.5) is 0 Å². The van der Waals surface area contributed by atoms with Crippen LogP contribution in [0.2, 0.25) is 0 Å². The number of hydrogen-bond acceptors (Lipinski definition) is 4. The van der Waals surface area contributed by atoms with Crippen LogP contribution in [-0.4, -0.2) is 17.7 Å². The van der Waals surface area contributed by atoms with Gasteiger partial charge in [-0.1, -0.05) is 36.3 Å². The van der Waals surface area contributed by atoms with E-state index >= 15 is 0 Å². The molecule has 0 aromatic heterocycles. The summed E-state index contributed by atoms with van der Waals surface area (Å²) in [6, 6.07) is 13.2. The van der Waals surface area contributed by atoms with Gasteiger partial charge in [-0.25, -0.2) is 9.59 Å². The van der Waals surface area contributed by atoms with Crippen LogP contribution in [0.5, 0.6) is 0 Å². The van der Waals surface area contributed by atoms with Crippen molar-refractivity contribution >= 4 is 17.7 Å². The third-order valence-corrected chi connectivity index (χ3v) is 3.00. The van der Waals surface area contributed by atoms with E-state index in [0.717, 1.165) is 0 Å². The third-order valence-electron chi connectivity index (χ3n) is 3.00. The topological polar surface area (TPSA) is 60.4 Å². The molecule has 0 radical (unpaired) electrons. The second-order valence-electron chi connectivity index (χ2n) is 4.38. The van der Waals surface area contributed by atoms with Crippen LogP contribution in [0, 0.1) is 11.8 Å². The standard InChI is InChI=1S/C17H8O4/c18-15(12-4-2-1-3-5-12)9-7-11-6-8-13-14(10-11)17(20)21-16(13)19/h1-6,8,10H. The van der Waals surface area contributed by atoms with Gasteiger partial charge in [0.25, 0.3) is 0 Å². The van der Waals surface area contributed by atoms with Crippen LogP contribution in [0.3, 0.4) is 0 Å². The second-order valence-corrected chi connectivity index (χ2v) is 4.38. The van der Waals surface area contributed by atoms with Crippen molar-refractivity contribution in [2.45, 2.75) is 0 Å². The quantitative estimate of drug-likeness (QED) is 0.347. The zero-order valence-corrected chi connectivity index (χ0v) is 10.8. The normalized spacial score (nSPS) is 12.2. The predicted molar refractivity (Wildman–Crippen MR) is 73.8 cm³/mol. The fourth-order valence-corrected chi connectivity index (χ4v) is 1.95. The van der Waals surface area contributed by atoms with E-state index in [1.54, 1.807) is 30.3 Å². The molecule has 0 unspecified atom stereocenters. The number of carbonyl (C=O) groups is 3. The van der Waals surface area contributed by atoms with Gasteiger partial charge < -0.3 is 4.74 Å². The first-order chi connectivity index (χ1) is 10.1. The largest absolute Gasteiger partial charge is 0.386 e. The molecule has 0 aliphatic carbocycles. The van der Waals surface area contributed by atoms with Crippen molar-refractivity contribution in [3.05, 3.63) is 70.8 Å². The average molecular weight is 276 g/mol. The minimum Gasteiger partial charge on any atom is -0.386 e. The summed E-state index contributed by atoms with van der Waals surface area (Å²) in [5, 5.41) is 0. The number of benzene rings is 2. The predicted octanol–water partition coefficient (Wildman–Crippen LogP) is 2.23. The summed E-state index contributed by atoms with van der Waals surface area (Å²) in [5.41, 5.74) is 1.38. The Kier molecular flexibility index (Phi) is 3.09. The molecular formula is C17H8O4. The van der Waals surface area contributed by atoms with Crippen molar-refractivity contribution in [3.8, 4) is 11.8 Å². The molecule has 0 atom stereocenters. The van der Waals surface area contributed by atoms with E-state index in [9.17, 15) is 14.4 Å². The van der Waals surface area contributed by atoms with Gasteiger partial charge in [0.1, 0.15) is 0 Å². The van der Waals surface area contributed by atoms with Gasteiger partial charge in [-0.05, 0) is 24.1 Å². The van der Waals surface area contributed by atoms with E-state index in [1.165, 1.54) is 12.1 Å². The van der Waals surface area contributed by atoms with Gasteiger partial charge in [0.05, 0.1) is 11.1 Å². The molecule has 0 saturated heterocycles. The molecule has 0 N–H and O–H groups in total. The maximum absolute atomic E-state index is 11.8. The van der Waals surface area contributed by atoms with E-state index in [-0.39, 0.29) is 16.9 Å². The summed E-state index contributed by atoms with van der Waals surface area (Å²) in [5.74, 6) is 3.54. The summed E-state index contributed by atoms with van der Waals surface area (Å²) in [7, 11) is 0. The summed E-state index contributed by atoms with van der Waals surface area (Å²) in [6.45, 7) is 0. The summed E-state index contributed by atoms with van der Waals surface area (Å²) in [6.07, 6.45) is 0. The van der Waals surface area contributed by atoms with Gasteiger partial charge >= 0.3 is 11.9 Å². The molecule has 4 heteroatoms. The molecule has 0 spiro atoms. The number of fused-ring (bicyclic) bond motifs is 1. The summed E-state index contributed by atoms with van der Waals surface area (Å²) < 4.78 is 4.49. The minimum atomic E-state index is -0.687. The zero-order valence-electron chi connectivity index (χ0n) is 10.8. The molecule has 0 saturated carbocycles. The number of hydrogen-bond donors (Lipinski definition) is 0. The Morgan fingerprint density at radius 1 is 0.905 bits per heavy atom. The van der Waals surface area contributed by atoms with Crippen molar-refractivity contribution in [2.24, 2.45) is 0 Å². The van der Waals surface area contributed by atoms with Gasteiger partial charge in [-0.15, -0.1) is 0 Å². The first kappa shape index (κ1) is 12.8. The first-order valence-electron chi connectivity index (χ1n) is 6.17. The van der Waals surface area contributed by atoms with Gasteiger partial charge in [0.15, 0.2) is 0 Å². The van der Waals surface area contributed by atoms with Crippen molar-refractivity contribution < 1.29 is 19.1 Å². The van der Waals surface area contributed by atoms with E-state index in [2.05, 4.69) is 16.6 Å². The number of ether oxygens (including phenoxy) is 1. The van der Waals surface area contributed by atoms with Crippen LogP contribution in [0.1, 0.15) is 36.6 Å². The SMILES string of the molecule is O=C(C#Cc1ccc2c(c1)C(=O)OC2=O)c1ccccc1. The lowest BCUT2D eigenvalue weighted by atomic mass is 10.1. The fraction of sp³-hybridized carbons (Fsp3) is 0. The van der Waals surface area contributed by atoms with Crippen molar-refractivity contribution in [1.29, 1.82) is 0 Å². The van der Waals surface area contributed by atoms with E-state index in [1.807, 2.05) is 6.07 Å². The van der Waals surface area contributed by atoms with Crippen molar-refractivity contribution in [3.63, 3.8) is 0 Å².